The molecule has 1 heterocycles. The molecule has 0 aliphatic rings. The maximum Gasteiger partial charge on any atom is 0.137 e. The molecule has 0 amide bonds. The quantitative estimate of drug-likeness (QED) is 0.719. The Morgan fingerprint density at radius 3 is 2.63 bits per heavy atom. The van der Waals surface area contributed by atoms with E-state index in [0.717, 1.165) is 18.7 Å². The third kappa shape index (κ3) is 5.51. The molecule has 0 radical (unpaired) electrons. The summed E-state index contributed by atoms with van der Waals surface area (Å²) in [6.07, 6.45) is 3.38. The van der Waals surface area contributed by atoms with E-state index in [9.17, 15) is 4.79 Å². The Morgan fingerprint density at radius 2 is 2.05 bits per heavy atom. The molecule has 0 aliphatic heterocycles. The van der Waals surface area contributed by atoms with Crippen LogP contribution in [-0.2, 0) is 17.8 Å². The highest BCUT2D eigenvalue weighted by molar-refractivity contribution is 5.80. The molecule has 0 saturated carbocycles. The molecule has 0 fully saturated rings. The van der Waals surface area contributed by atoms with E-state index < -0.39 is 0 Å². The van der Waals surface area contributed by atoms with Crippen molar-refractivity contribution >= 4 is 5.78 Å². The molecule has 5 nitrogen and oxygen atoms in total. The fourth-order valence-electron chi connectivity index (χ4n) is 1.62. The molecule has 0 unspecified atom stereocenters. The molecular formula is C14H26N4O. The van der Waals surface area contributed by atoms with Crippen LogP contribution in [0.2, 0.25) is 0 Å². The van der Waals surface area contributed by atoms with Gasteiger partial charge in [-0.25, -0.2) is 0 Å². The van der Waals surface area contributed by atoms with Gasteiger partial charge in [-0.1, -0.05) is 19.1 Å². The summed E-state index contributed by atoms with van der Waals surface area (Å²) in [5, 5.41) is 8.21. The van der Waals surface area contributed by atoms with Gasteiger partial charge in [0, 0.05) is 44.1 Å². The van der Waals surface area contributed by atoms with Crippen molar-refractivity contribution in [3.05, 3.63) is 11.9 Å². The van der Waals surface area contributed by atoms with Gasteiger partial charge in [0.25, 0.3) is 0 Å². The van der Waals surface area contributed by atoms with E-state index in [2.05, 4.69) is 36.1 Å². The number of carbonyl (C=O) groups is 1. The van der Waals surface area contributed by atoms with Gasteiger partial charge in [-0.3, -0.25) is 9.48 Å². The van der Waals surface area contributed by atoms with Crippen LogP contribution in [0.5, 0.6) is 0 Å². The van der Waals surface area contributed by atoms with Crippen molar-refractivity contribution in [1.29, 1.82) is 0 Å². The Bertz CT molecular complexity index is 398. The van der Waals surface area contributed by atoms with E-state index in [1.807, 2.05) is 20.0 Å². The highest BCUT2D eigenvalue weighted by atomic mass is 16.1. The number of nitrogens with zero attached hydrogens (tertiary/aromatic N) is 4. The van der Waals surface area contributed by atoms with Gasteiger partial charge >= 0.3 is 0 Å². The minimum atomic E-state index is 0.0997. The van der Waals surface area contributed by atoms with Gasteiger partial charge in [0.15, 0.2) is 0 Å². The molecule has 1 aromatic rings. The first-order valence-electron chi connectivity index (χ1n) is 7.02. The van der Waals surface area contributed by atoms with Crippen LogP contribution < -0.4 is 0 Å². The van der Waals surface area contributed by atoms with E-state index in [4.69, 9.17) is 0 Å². The largest absolute Gasteiger partial charge is 0.304 e. The lowest BCUT2D eigenvalue weighted by Gasteiger charge is -2.19. The zero-order valence-corrected chi connectivity index (χ0v) is 12.8. The lowest BCUT2D eigenvalue weighted by atomic mass is 10.1. The standard InChI is InChI=1S/C14H26N4O/c1-11(2)14(19)7-9-18-10-13(15-16-18)6-8-17(5)12(3)4/h10-12H,6-9H2,1-5H3. The predicted molar refractivity (Wildman–Crippen MR) is 76.0 cm³/mol. The highest BCUT2D eigenvalue weighted by Crippen LogP contribution is 2.03. The van der Waals surface area contributed by atoms with Crippen LogP contribution in [-0.4, -0.2) is 45.3 Å². The SMILES string of the molecule is CC(C)C(=O)CCn1cc(CCN(C)C(C)C)nn1. The number of hydrogen-bond donors (Lipinski definition) is 0. The molecule has 108 valence electrons. The van der Waals surface area contributed by atoms with Crippen LogP contribution in [0.4, 0.5) is 0 Å². The van der Waals surface area contributed by atoms with Gasteiger partial charge in [0.1, 0.15) is 5.78 Å². The second-order valence-electron chi connectivity index (χ2n) is 5.67. The van der Waals surface area contributed by atoms with E-state index in [-0.39, 0.29) is 11.7 Å². The predicted octanol–water partition coefficient (Wildman–Crippen LogP) is 1.78. The minimum absolute atomic E-state index is 0.0997. The average Bonchev–Trinajstić information content (AvgIpc) is 2.80. The summed E-state index contributed by atoms with van der Waals surface area (Å²) in [6.45, 7) is 9.81. The molecule has 0 aliphatic carbocycles. The summed E-state index contributed by atoms with van der Waals surface area (Å²) >= 11 is 0. The summed E-state index contributed by atoms with van der Waals surface area (Å²) in [5.74, 6) is 0.374. The van der Waals surface area contributed by atoms with Crippen molar-refractivity contribution in [2.75, 3.05) is 13.6 Å². The summed E-state index contributed by atoms with van der Waals surface area (Å²) in [4.78, 5) is 13.8. The van der Waals surface area contributed by atoms with Crippen LogP contribution in [0.1, 0.15) is 39.8 Å². The van der Waals surface area contributed by atoms with Crippen LogP contribution >= 0.6 is 0 Å². The first kappa shape index (κ1) is 15.8. The monoisotopic (exact) mass is 266 g/mol. The molecule has 0 aromatic carbocycles. The molecule has 0 saturated heterocycles. The van der Waals surface area contributed by atoms with Crippen LogP contribution in [0.3, 0.4) is 0 Å². The molecule has 1 aromatic heterocycles. The van der Waals surface area contributed by atoms with Crippen molar-refractivity contribution in [2.45, 2.75) is 53.1 Å². The molecular weight excluding hydrogens is 240 g/mol. The van der Waals surface area contributed by atoms with Gasteiger partial charge < -0.3 is 4.90 Å². The smallest absolute Gasteiger partial charge is 0.137 e. The first-order valence-corrected chi connectivity index (χ1v) is 7.02. The Balaban J connectivity index is 2.38. The Morgan fingerprint density at radius 1 is 1.37 bits per heavy atom. The van der Waals surface area contributed by atoms with Crippen LogP contribution in [0, 0.1) is 5.92 Å². The number of ketones is 1. The fourth-order valence-corrected chi connectivity index (χ4v) is 1.62. The summed E-state index contributed by atoms with van der Waals surface area (Å²) in [5.41, 5.74) is 0.990. The number of rotatable bonds is 8. The molecule has 0 spiro atoms. The lowest BCUT2D eigenvalue weighted by molar-refractivity contribution is -0.122. The Hall–Kier alpha value is -1.23. The van der Waals surface area contributed by atoms with E-state index in [1.165, 1.54) is 0 Å². The third-order valence-electron chi connectivity index (χ3n) is 3.42. The van der Waals surface area contributed by atoms with E-state index >= 15 is 0 Å². The minimum Gasteiger partial charge on any atom is -0.304 e. The zero-order valence-electron chi connectivity index (χ0n) is 12.8. The zero-order chi connectivity index (χ0) is 14.4. The maximum atomic E-state index is 11.5. The highest BCUT2D eigenvalue weighted by Gasteiger charge is 2.09. The van der Waals surface area contributed by atoms with E-state index in [1.54, 1.807) is 4.68 Å². The van der Waals surface area contributed by atoms with Crippen molar-refractivity contribution in [2.24, 2.45) is 5.92 Å². The lowest BCUT2D eigenvalue weighted by Crippen LogP contribution is -2.28. The van der Waals surface area contributed by atoms with Crippen molar-refractivity contribution in [3.8, 4) is 0 Å². The van der Waals surface area contributed by atoms with Gasteiger partial charge in [-0.15, -0.1) is 5.10 Å². The molecule has 19 heavy (non-hydrogen) atoms. The van der Waals surface area contributed by atoms with Gasteiger partial charge in [0.2, 0.25) is 0 Å². The second-order valence-corrected chi connectivity index (χ2v) is 5.67. The molecule has 0 atom stereocenters. The molecule has 0 N–H and O–H groups in total. The number of carbonyl (C=O) groups excluding carboxylic acids is 1. The topological polar surface area (TPSA) is 51.0 Å². The molecule has 1 rings (SSSR count). The third-order valence-corrected chi connectivity index (χ3v) is 3.42. The van der Waals surface area contributed by atoms with Crippen molar-refractivity contribution in [3.63, 3.8) is 0 Å². The van der Waals surface area contributed by atoms with Crippen molar-refractivity contribution < 1.29 is 4.79 Å². The fraction of sp³-hybridized carbons (Fsp3) is 0.786. The second kappa shape index (κ2) is 7.38. The summed E-state index contributed by atoms with van der Waals surface area (Å²) in [7, 11) is 2.11. The van der Waals surface area contributed by atoms with Crippen LogP contribution in [0.15, 0.2) is 6.20 Å². The number of likely N-dealkylation sites (N-methyl/N-ethyl adjacent to an activating group) is 1. The number of Topliss-reactive ketones (excluding diaryl/α,β-unsaturated/α-hetero) is 1. The average molecular weight is 266 g/mol. The van der Waals surface area contributed by atoms with Gasteiger partial charge in [-0.2, -0.15) is 0 Å². The Labute approximate surface area is 116 Å². The van der Waals surface area contributed by atoms with Gasteiger partial charge in [0.05, 0.1) is 5.69 Å². The number of aryl methyl sites for hydroxylation is 1. The molecule has 5 heteroatoms. The summed E-state index contributed by atoms with van der Waals surface area (Å²) in [6, 6.07) is 0.540. The number of hydrogen-bond acceptors (Lipinski definition) is 4. The van der Waals surface area contributed by atoms with Crippen LogP contribution in [0.25, 0.3) is 0 Å². The van der Waals surface area contributed by atoms with Gasteiger partial charge in [-0.05, 0) is 20.9 Å². The maximum absolute atomic E-state index is 11.5. The number of aromatic nitrogens is 3. The Kier molecular flexibility index (Phi) is 6.15. The normalized spacial score (nSPS) is 11.8. The van der Waals surface area contributed by atoms with E-state index in [0.29, 0.717) is 19.0 Å². The van der Waals surface area contributed by atoms with Crippen molar-refractivity contribution in [1.82, 2.24) is 19.9 Å². The summed E-state index contributed by atoms with van der Waals surface area (Å²) < 4.78 is 1.77. The first-order chi connectivity index (χ1) is 8.90. The molecule has 0 bridgehead atoms.